The molecular formula is C20H25ClN4O2. The molecule has 1 aromatic carbocycles. The van der Waals surface area contributed by atoms with Crippen LogP contribution in [0.5, 0.6) is 0 Å². The molecule has 1 aromatic heterocycles. The Bertz CT molecular complexity index is 780. The van der Waals surface area contributed by atoms with Crippen molar-refractivity contribution in [3.63, 3.8) is 0 Å². The molecule has 0 atom stereocenters. The van der Waals surface area contributed by atoms with E-state index in [-0.39, 0.29) is 5.92 Å². The fourth-order valence-corrected chi connectivity index (χ4v) is 4.20. The van der Waals surface area contributed by atoms with Gasteiger partial charge in [0, 0.05) is 32.1 Å². The van der Waals surface area contributed by atoms with Crippen LogP contribution < -0.4 is 0 Å². The molecular weight excluding hydrogens is 364 g/mol. The molecule has 27 heavy (non-hydrogen) atoms. The number of hydrogen-bond acceptors (Lipinski definition) is 5. The number of hydrogen-bond donors (Lipinski definition) is 0. The minimum absolute atomic E-state index is 0.249. The Balaban J connectivity index is 1.31. The van der Waals surface area contributed by atoms with Gasteiger partial charge in [-0.1, -0.05) is 43.0 Å². The lowest BCUT2D eigenvalue weighted by Gasteiger charge is -2.36. The van der Waals surface area contributed by atoms with Gasteiger partial charge in [-0.3, -0.25) is 9.69 Å². The Hall–Kier alpha value is -1.92. The minimum Gasteiger partial charge on any atom is -0.419 e. The van der Waals surface area contributed by atoms with Crippen LogP contribution in [-0.4, -0.2) is 52.1 Å². The molecule has 2 aliphatic rings. The average Bonchev–Trinajstić information content (AvgIpc) is 3.17. The van der Waals surface area contributed by atoms with Gasteiger partial charge in [-0.2, -0.15) is 0 Å². The van der Waals surface area contributed by atoms with Crippen molar-refractivity contribution in [1.82, 2.24) is 20.0 Å². The second-order valence-corrected chi connectivity index (χ2v) is 7.82. The zero-order chi connectivity index (χ0) is 18.6. The summed E-state index contributed by atoms with van der Waals surface area (Å²) in [4.78, 5) is 17.0. The zero-order valence-corrected chi connectivity index (χ0v) is 16.2. The highest BCUT2D eigenvalue weighted by atomic mass is 35.5. The third-order valence-corrected chi connectivity index (χ3v) is 5.90. The van der Waals surface area contributed by atoms with E-state index in [1.54, 1.807) is 0 Å². The van der Waals surface area contributed by atoms with Crippen molar-refractivity contribution >= 4 is 17.5 Å². The van der Waals surface area contributed by atoms with Crippen molar-refractivity contribution < 1.29 is 9.21 Å². The van der Waals surface area contributed by atoms with Crippen molar-refractivity contribution in [1.29, 1.82) is 0 Å². The monoisotopic (exact) mass is 388 g/mol. The molecule has 0 spiro atoms. The number of halogens is 1. The molecule has 2 aromatic rings. The SMILES string of the molecule is O=C(C1CCCCC1)N1CCN(Cc2nnc(-c3ccccc3Cl)o2)CC1. The van der Waals surface area contributed by atoms with E-state index in [0.717, 1.165) is 44.6 Å². The topological polar surface area (TPSA) is 62.5 Å². The molecule has 1 aliphatic carbocycles. The van der Waals surface area contributed by atoms with Gasteiger partial charge in [-0.05, 0) is 25.0 Å². The third-order valence-electron chi connectivity index (χ3n) is 5.57. The van der Waals surface area contributed by atoms with E-state index in [1.165, 1.54) is 19.3 Å². The highest BCUT2D eigenvalue weighted by Gasteiger charge is 2.28. The number of aromatic nitrogens is 2. The first-order chi connectivity index (χ1) is 13.2. The lowest BCUT2D eigenvalue weighted by Crippen LogP contribution is -2.50. The lowest BCUT2D eigenvalue weighted by molar-refractivity contribution is -0.138. The number of carbonyl (C=O) groups excluding carboxylic acids is 1. The van der Waals surface area contributed by atoms with Crippen LogP contribution in [0.25, 0.3) is 11.5 Å². The quantitative estimate of drug-likeness (QED) is 0.800. The smallest absolute Gasteiger partial charge is 0.249 e. The van der Waals surface area contributed by atoms with Gasteiger partial charge in [0.25, 0.3) is 0 Å². The summed E-state index contributed by atoms with van der Waals surface area (Å²) < 4.78 is 5.79. The molecule has 1 aliphatic heterocycles. The van der Waals surface area contributed by atoms with E-state index < -0.39 is 0 Å². The summed E-state index contributed by atoms with van der Waals surface area (Å²) in [5.74, 6) is 1.63. The number of benzene rings is 1. The molecule has 0 N–H and O–H groups in total. The molecule has 2 heterocycles. The second kappa shape index (κ2) is 8.40. The van der Waals surface area contributed by atoms with Crippen LogP contribution in [0.4, 0.5) is 0 Å². The van der Waals surface area contributed by atoms with Gasteiger partial charge in [0.15, 0.2) is 0 Å². The number of piperazine rings is 1. The Morgan fingerprint density at radius 1 is 1.07 bits per heavy atom. The van der Waals surface area contributed by atoms with E-state index in [1.807, 2.05) is 29.2 Å². The second-order valence-electron chi connectivity index (χ2n) is 7.42. The van der Waals surface area contributed by atoms with E-state index in [4.69, 9.17) is 16.0 Å². The van der Waals surface area contributed by atoms with Gasteiger partial charge in [0.05, 0.1) is 17.1 Å². The maximum Gasteiger partial charge on any atom is 0.249 e. The van der Waals surface area contributed by atoms with Crippen LogP contribution in [-0.2, 0) is 11.3 Å². The van der Waals surface area contributed by atoms with Crippen molar-refractivity contribution in [2.75, 3.05) is 26.2 Å². The van der Waals surface area contributed by atoms with Crippen LogP contribution in [0, 0.1) is 5.92 Å². The number of amides is 1. The zero-order valence-electron chi connectivity index (χ0n) is 15.4. The molecule has 0 unspecified atom stereocenters. The average molecular weight is 389 g/mol. The van der Waals surface area contributed by atoms with Crippen LogP contribution in [0.3, 0.4) is 0 Å². The summed E-state index contributed by atoms with van der Waals surface area (Å²) >= 11 is 6.19. The predicted octanol–water partition coefficient (Wildman–Crippen LogP) is 3.61. The highest BCUT2D eigenvalue weighted by Crippen LogP contribution is 2.27. The molecule has 6 nitrogen and oxygen atoms in total. The molecule has 4 rings (SSSR count). The van der Waals surface area contributed by atoms with Crippen molar-refractivity contribution in [2.24, 2.45) is 5.92 Å². The van der Waals surface area contributed by atoms with Crippen LogP contribution >= 0.6 is 11.6 Å². The van der Waals surface area contributed by atoms with Crippen molar-refractivity contribution in [3.8, 4) is 11.5 Å². The van der Waals surface area contributed by atoms with Gasteiger partial charge in [0.2, 0.25) is 17.7 Å². The van der Waals surface area contributed by atoms with Gasteiger partial charge < -0.3 is 9.32 Å². The normalized spacial score (nSPS) is 19.4. The van der Waals surface area contributed by atoms with E-state index >= 15 is 0 Å². The van der Waals surface area contributed by atoms with Gasteiger partial charge in [-0.15, -0.1) is 10.2 Å². The standard InChI is InChI=1S/C20H25ClN4O2/c21-17-9-5-4-8-16(17)19-23-22-18(27-19)14-24-10-12-25(13-11-24)20(26)15-6-2-1-3-7-15/h4-5,8-9,15H,1-3,6-7,10-14H2. The third kappa shape index (κ3) is 4.33. The number of carbonyl (C=O) groups is 1. The first kappa shape index (κ1) is 18.4. The van der Waals surface area contributed by atoms with Crippen LogP contribution in [0.15, 0.2) is 28.7 Å². The Kier molecular flexibility index (Phi) is 5.74. The molecule has 144 valence electrons. The van der Waals surface area contributed by atoms with Crippen molar-refractivity contribution in [2.45, 2.75) is 38.6 Å². The first-order valence-corrected chi connectivity index (χ1v) is 10.2. The maximum atomic E-state index is 12.7. The van der Waals surface area contributed by atoms with Gasteiger partial charge in [-0.25, -0.2) is 0 Å². The largest absolute Gasteiger partial charge is 0.419 e. The summed E-state index contributed by atoms with van der Waals surface area (Å²) in [6, 6.07) is 7.45. The summed E-state index contributed by atoms with van der Waals surface area (Å²) in [7, 11) is 0. The summed E-state index contributed by atoms with van der Waals surface area (Å²) in [5.41, 5.74) is 0.751. The summed E-state index contributed by atoms with van der Waals surface area (Å²) in [6.45, 7) is 3.83. The van der Waals surface area contributed by atoms with Crippen LogP contribution in [0.1, 0.15) is 38.0 Å². The number of nitrogens with zero attached hydrogens (tertiary/aromatic N) is 4. The minimum atomic E-state index is 0.249. The Labute approximate surface area is 164 Å². The summed E-state index contributed by atoms with van der Waals surface area (Å²) in [5, 5.41) is 8.88. The lowest BCUT2D eigenvalue weighted by atomic mass is 9.88. The molecule has 0 bridgehead atoms. The van der Waals surface area contributed by atoms with E-state index in [0.29, 0.717) is 29.3 Å². The molecule has 1 saturated heterocycles. The molecule has 0 radical (unpaired) electrons. The molecule has 2 fully saturated rings. The Morgan fingerprint density at radius 2 is 1.81 bits per heavy atom. The summed E-state index contributed by atoms with van der Waals surface area (Å²) in [6.07, 6.45) is 5.79. The Morgan fingerprint density at radius 3 is 2.56 bits per heavy atom. The predicted molar refractivity (Wildman–Crippen MR) is 103 cm³/mol. The molecule has 1 amide bonds. The fraction of sp³-hybridized carbons (Fsp3) is 0.550. The molecule has 7 heteroatoms. The van der Waals surface area contributed by atoms with Gasteiger partial charge >= 0.3 is 0 Å². The van der Waals surface area contributed by atoms with E-state index in [9.17, 15) is 4.79 Å². The first-order valence-electron chi connectivity index (χ1n) is 9.79. The fourth-order valence-electron chi connectivity index (χ4n) is 3.99. The van der Waals surface area contributed by atoms with Crippen LogP contribution in [0.2, 0.25) is 5.02 Å². The highest BCUT2D eigenvalue weighted by molar-refractivity contribution is 6.33. The number of rotatable bonds is 4. The van der Waals surface area contributed by atoms with Gasteiger partial charge in [0.1, 0.15) is 0 Å². The van der Waals surface area contributed by atoms with E-state index in [2.05, 4.69) is 15.1 Å². The maximum absolute atomic E-state index is 12.7. The molecule has 1 saturated carbocycles. The van der Waals surface area contributed by atoms with Crippen molar-refractivity contribution in [3.05, 3.63) is 35.2 Å².